The van der Waals surface area contributed by atoms with Crippen molar-refractivity contribution in [2.24, 2.45) is 0 Å². The minimum Gasteiger partial charge on any atom is -0.494 e. The van der Waals surface area contributed by atoms with Gasteiger partial charge in [-0.2, -0.15) is 0 Å². The molecule has 210 valence electrons. The predicted molar refractivity (Wildman–Crippen MR) is 148 cm³/mol. The summed E-state index contributed by atoms with van der Waals surface area (Å²) >= 11 is 0. The fourth-order valence-corrected chi connectivity index (χ4v) is 5.63. The fraction of sp³-hybridized carbons (Fsp3) is 0.308. The van der Waals surface area contributed by atoms with Crippen molar-refractivity contribution < 1.29 is 26.7 Å². The SMILES string of the molecule is CCCS(=O)(=O)Nc1ccc(F)c(-c2cc(OC)c3nc(-c4ccnc(N)n4)nc(N4CCOCC4)c3c2)c1F. The lowest BCUT2D eigenvalue weighted by atomic mass is 10.0. The van der Waals surface area contributed by atoms with Gasteiger partial charge in [-0.3, -0.25) is 4.72 Å². The summed E-state index contributed by atoms with van der Waals surface area (Å²) in [6, 6.07) is 6.70. The second-order valence-electron chi connectivity index (χ2n) is 9.05. The van der Waals surface area contributed by atoms with Gasteiger partial charge in [0.2, 0.25) is 16.0 Å². The number of morpholine rings is 1. The average Bonchev–Trinajstić information content (AvgIpc) is 2.94. The fourth-order valence-electron chi connectivity index (χ4n) is 4.50. The number of anilines is 3. The van der Waals surface area contributed by atoms with Crippen LogP contribution in [0.1, 0.15) is 13.3 Å². The van der Waals surface area contributed by atoms with Crippen molar-refractivity contribution in [3.63, 3.8) is 0 Å². The molecule has 0 amide bonds. The predicted octanol–water partition coefficient (Wildman–Crippen LogP) is 3.61. The minimum absolute atomic E-state index is 0.0526. The molecule has 3 N–H and O–H groups in total. The lowest BCUT2D eigenvalue weighted by Crippen LogP contribution is -2.37. The van der Waals surface area contributed by atoms with Gasteiger partial charge in [0.1, 0.15) is 28.6 Å². The highest BCUT2D eigenvalue weighted by Crippen LogP contribution is 2.40. The standard InChI is InChI=1S/C26H27F2N7O4S/c1-3-12-40(36,37)34-18-5-4-17(27)21(22(18)28)15-13-16-23(20(14-15)38-2)32-24(19-6-7-30-26(29)31-19)33-25(16)35-8-10-39-11-9-35/h4-7,13-14,34H,3,8-12H2,1-2H3,(H2,29,30,31). The Bertz CT molecular complexity index is 1680. The minimum atomic E-state index is -3.82. The molecule has 5 rings (SSSR count). The number of sulfonamides is 1. The number of rotatable bonds is 8. The van der Waals surface area contributed by atoms with Gasteiger partial charge >= 0.3 is 0 Å². The highest BCUT2D eigenvalue weighted by Gasteiger charge is 2.24. The van der Waals surface area contributed by atoms with Crippen LogP contribution in [0, 0.1) is 11.6 Å². The first-order chi connectivity index (χ1) is 19.2. The maximum absolute atomic E-state index is 15.7. The van der Waals surface area contributed by atoms with Crippen molar-refractivity contribution in [3.8, 4) is 28.4 Å². The number of methoxy groups -OCH3 is 1. The highest BCUT2D eigenvalue weighted by molar-refractivity contribution is 7.92. The molecule has 0 radical (unpaired) electrons. The van der Waals surface area contributed by atoms with Crippen molar-refractivity contribution in [2.75, 3.05) is 54.5 Å². The molecule has 2 aromatic carbocycles. The number of hydrogen-bond donors (Lipinski definition) is 2. The van der Waals surface area contributed by atoms with Gasteiger partial charge in [-0.15, -0.1) is 0 Å². The Hall–Kier alpha value is -4.17. The number of fused-ring (bicyclic) bond motifs is 1. The molecule has 11 nitrogen and oxygen atoms in total. The zero-order valence-corrected chi connectivity index (χ0v) is 22.6. The van der Waals surface area contributed by atoms with E-state index in [2.05, 4.69) is 19.7 Å². The summed E-state index contributed by atoms with van der Waals surface area (Å²) < 4.78 is 68.8. The topological polar surface area (TPSA) is 145 Å². The Balaban J connectivity index is 1.73. The molecule has 1 saturated heterocycles. The number of nitrogen functional groups attached to an aromatic ring is 1. The summed E-state index contributed by atoms with van der Waals surface area (Å²) in [5.74, 6) is -1.11. The number of ether oxygens (including phenoxy) is 2. The van der Waals surface area contributed by atoms with Gasteiger partial charge in [-0.25, -0.2) is 37.1 Å². The Labute approximate surface area is 229 Å². The summed E-state index contributed by atoms with van der Waals surface area (Å²) in [7, 11) is -2.40. The van der Waals surface area contributed by atoms with E-state index in [1.165, 1.54) is 19.4 Å². The molecule has 40 heavy (non-hydrogen) atoms. The maximum atomic E-state index is 15.7. The Morgan fingerprint density at radius 3 is 2.60 bits per heavy atom. The largest absolute Gasteiger partial charge is 0.494 e. The Morgan fingerprint density at radius 2 is 1.90 bits per heavy atom. The number of aromatic nitrogens is 4. The molecule has 4 aromatic rings. The van der Waals surface area contributed by atoms with Crippen molar-refractivity contribution in [1.29, 1.82) is 0 Å². The number of hydrogen-bond acceptors (Lipinski definition) is 10. The molecular weight excluding hydrogens is 544 g/mol. The van der Waals surface area contributed by atoms with Gasteiger partial charge in [0, 0.05) is 24.7 Å². The molecular formula is C26H27F2N7O4S. The summed E-state index contributed by atoms with van der Waals surface area (Å²) in [6.45, 7) is 3.64. The molecule has 0 atom stereocenters. The second kappa shape index (κ2) is 11.1. The molecule has 0 bridgehead atoms. The first-order valence-electron chi connectivity index (χ1n) is 12.5. The zero-order chi connectivity index (χ0) is 28.4. The molecule has 14 heteroatoms. The third kappa shape index (κ3) is 5.45. The van der Waals surface area contributed by atoms with Crippen LogP contribution < -0.4 is 20.1 Å². The van der Waals surface area contributed by atoms with E-state index in [1.807, 2.05) is 4.90 Å². The quantitative estimate of drug-likeness (QED) is 0.322. The van der Waals surface area contributed by atoms with Crippen molar-refractivity contribution in [1.82, 2.24) is 19.9 Å². The van der Waals surface area contributed by atoms with Gasteiger partial charge in [-0.1, -0.05) is 6.92 Å². The van der Waals surface area contributed by atoms with Gasteiger partial charge < -0.3 is 20.1 Å². The molecule has 0 saturated carbocycles. The third-order valence-electron chi connectivity index (χ3n) is 6.30. The number of benzene rings is 2. The van der Waals surface area contributed by atoms with Gasteiger partial charge in [0.15, 0.2) is 11.6 Å². The van der Waals surface area contributed by atoms with Crippen LogP contribution in [0.2, 0.25) is 0 Å². The summed E-state index contributed by atoms with van der Waals surface area (Å²) in [4.78, 5) is 19.6. The maximum Gasteiger partial charge on any atom is 0.232 e. The van der Waals surface area contributed by atoms with E-state index in [9.17, 15) is 8.42 Å². The molecule has 3 heterocycles. The zero-order valence-electron chi connectivity index (χ0n) is 21.8. The number of nitrogens with two attached hydrogens (primary N) is 1. The summed E-state index contributed by atoms with van der Waals surface area (Å²) in [6.07, 6.45) is 1.83. The third-order valence-corrected chi connectivity index (χ3v) is 7.77. The molecule has 1 fully saturated rings. The first-order valence-corrected chi connectivity index (χ1v) is 14.2. The average molecular weight is 572 g/mol. The Morgan fingerprint density at radius 1 is 1.12 bits per heavy atom. The van der Waals surface area contributed by atoms with E-state index >= 15 is 8.78 Å². The van der Waals surface area contributed by atoms with Gasteiger partial charge in [0.05, 0.1) is 37.3 Å². The molecule has 1 aliphatic heterocycles. The van der Waals surface area contributed by atoms with E-state index in [4.69, 9.17) is 20.2 Å². The number of nitrogens with zero attached hydrogens (tertiary/aromatic N) is 5. The van der Waals surface area contributed by atoms with E-state index in [1.54, 1.807) is 19.1 Å². The molecule has 0 spiro atoms. The van der Waals surface area contributed by atoms with E-state index < -0.39 is 27.2 Å². The van der Waals surface area contributed by atoms with Crippen LogP contribution in [0.4, 0.5) is 26.2 Å². The van der Waals surface area contributed by atoms with E-state index in [0.717, 1.165) is 12.1 Å². The number of halogens is 2. The van der Waals surface area contributed by atoms with Crippen LogP contribution in [0.5, 0.6) is 5.75 Å². The highest BCUT2D eigenvalue weighted by atomic mass is 32.2. The van der Waals surface area contributed by atoms with Gasteiger partial charge in [-0.05, 0) is 42.3 Å². The monoisotopic (exact) mass is 571 g/mol. The van der Waals surface area contributed by atoms with Crippen LogP contribution in [0.25, 0.3) is 33.5 Å². The van der Waals surface area contributed by atoms with Crippen LogP contribution in [0.15, 0.2) is 36.5 Å². The number of nitrogens with one attached hydrogen (secondary N) is 1. The molecule has 1 aliphatic rings. The molecule has 2 aromatic heterocycles. The molecule has 0 aliphatic carbocycles. The first kappa shape index (κ1) is 27.4. The van der Waals surface area contributed by atoms with Crippen molar-refractivity contribution in [3.05, 3.63) is 48.2 Å². The Kier molecular flexibility index (Phi) is 7.63. The van der Waals surface area contributed by atoms with E-state index in [0.29, 0.717) is 55.1 Å². The van der Waals surface area contributed by atoms with Crippen LogP contribution in [-0.4, -0.2) is 67.5 Å². The smallest absolute Gasteiger partial charge is 0.232 e. The lowest BCUT2D eigenvalue weighted by Gasteiger charge is -2.29. The normalized spacial score (nSPS) is 13.9. The van der Waals surface area contributed by atoms with Crippen LogP contribution >= 0.6 is 0 Å². The van der Waals surface area contributed by atoms with Crippen LogP contribution in [-0.2, 0) is 14.8 Å². The summed E-state index contributed by atoms with van der Waals surface area (Å²) in [5, 5.41) is 0.470. The van der Waals surface area contributed by atoms with Gasteiger partial charge in [0.25, 0.3) is 0 Å². The second-order valence-corrected chi connectivity index (χ2v) is 10.9. The van der Waals surface area contributed by atoms with Crippen molar-refractivity contribution >= 4 is 38.4 Å². The van der Waals surface area contributed by atoms with Crippen molar-refractivity contribution in [2.45, 2.75) is 13.3 Å². The lowest BCUT2D eigenvalue weighted by molar-refractivity contribution is 0.122. The summed E-state index contributed by atoms with van der Waals surface area (Å²) in [5.41, 5.74) is 5.90. The van der Waals surface area contributed by atoms with E-state index in [-0.39, 0.29) is 34.5 Å². The van der Waals surface area contributed by atoms with Crippen LogP contribution in [0.3, 0.4) is 0 Å². The molecule has 0 unspecified atom stereocenters.